The molecule has 0 fully saturated rings. The summed E-state index contributed by atoms with van der Waals surface area (Å²) in [7, 11) is -2.32. The molecule has 3 aromatic rings. The van der Waals surface area contributed by atoms with E-state index in [4.69, 9.17) is 9.47 Å². The normalized spacial score (nSPS) is 12.2. The number of aryl methyl sites for hydroxylation is 1. The molecular weight excluding hydrogens is 532 g/mol. The van der Waals surface area contributed by atoms with Gasteiger partial charge in [-0.05, 0) is 85.5 Å². The van der Waals surface area contributed by atoms with Gasteiger partial charge in [0.15, 0.2) is 6.61 Å². The van der Waals surface area contributed by atoms with Crippen molar-refractivity contribution in [3.05, 3.63) is 83.9 Å². The second-order valence-electron chi connectivity index (χ2n) is 9.49. The Morgan fingerprint density at radius 1 is 0.925 bits per heavy atom. The SMILES string of the molecule is COc1ccc(NC(=O)COc2ccc(/C=N\NC(=O)[C@H](CC(C)C)NS(=O)(=O)c3ccc(C)cc3)cc2)cc1. The van der Waals surface area contributed by atoms with Crippen molar-refractivity contribution in [2.75, 3.05) is 19.0 Å². The fraction of sp³-hybridized carbons (Fsp3) is 0.276. The highest BCUT2D eigenvalue weighted by Crippen LogP contribution is 2.16. The van der Waals surface area contributed by atoms with Crippen molar-refractivity contribution >= 4 is 33.7 Å². The van der Waals surface area contributed by atoms with Crippen LogP contribution in [0.1, 0.15) is 31.4 Å². The third-order valence-corrected chi connectivity index (χ3v) is 7.15. The highest BCUT2D eigenvalue weighted by molar-refractivity contribution is 7.89. The molecule has 2 amide bonds. The zero-order valence-corrected chi connectivity index (χ0v) is 23.7. The molecule has 3 rings (SSSR count). The van der Waals surface area contributed by atoms with Gasteiger partial charge in [-0.2, -0.15) is 9.82 Å². The van der Waals surface area contributed by atoms with E-state index < -0.39 is 22.0 Å². The Kier molecular flexibility index (Phi) is 10.8. The van der Waals surface area contributed by atoms with Crippen molar-refractivity contribution in [1.82, 2.24) is 10.1 Å². The van der Waals surface area contributed by atoms with Crippen LogP contribution in [0.3, 0.4) is 0 Å². The monoisotopic (exact) mass is 566 g/mol. The van der Waals surface area contributed by atoms with E-state index in [0.717, 1.165) is 5.56 Å². The van der Waals surface area contributed by atoms with Crippen LogP contribution in [-0.4, -0.2) is 46.2 Å². The Bertz CT molecular complexity index is 1400. The number of hydrogen-bond acceptors (Lipinski definition) is 7. The number of carbonyl (C=O) groups excluding carboxylic acids is 2. The number of benzene rings is 3. The van der Waals surface area contributed by atoms with Gasteiger partial charge in [0.25, 0.3) is 11.8 Å². The molecule has 0 saturated carbocycles. The van der Waals surface area contributed by atoms with Gasteiger partial charge in [-0.15, -0.1) is 0 Å². The van der Waals surface area contributed by atoms with Crippen molar-refractivity contribution in [2.45, 2.75) is 38.1 Å². The van der Waals surface area contributed by atoms with E-state index in [1.54, 1.807) is 67.8 Å². The van der Waals surface area contributed by atoms with Crippen molar-refractivity contribution in [1.29, 1.82) is 0 Å². The van der Waals surface area contributed by atoms with Gasteiger partial charge in [-0.3, -0.25) is 9.59 Å². The van der Waals surface area contributed by atoms with Crippen molar-refractivity contribution in [2.24, 2.45) is 11.0 Å². The number of amides is 2. The predicted octanol–water partition coefficient (Wildman–Crippen LogP) is 3.86. The van der Waals surface area contributed by atoms with Gasteiger partial charge >= 0.3 is 0 Å². The standard InChI is InChI=1S/C29H34N4O6S/c1-20(2)17-27(33-40(36,37)26-15-5-21(3)6-16-26)29(35)32-30-18-22-7-11-25(12-8-22)39-19-28(34)31-23-9-13-24(38-4)14-10-23/h5-16,18,20,27,33H,17,19H2,1-4H3,(H,31,34)(H,32,35)/b30-18-/t27-/m0/s1. The first-order valence-corrected chi connectivity index (χ1v) is 14.1. The lowest BCUT2D eigenvalue weighted by Crippen LogP contribution is -2.46. The molecule has 40 heavy (non-hydrogen) atoms. The molecule has 10 nitrogen and oxygen atoms in total. The minimum Gasteiger partial charge on any atom is -0.497 e. The summed E-state index contributed by atoms with van der Waals surface area (Å²) in [5, 5.41) is 6.71. The van der Waals surface area contributed by atoms with E-state index in [1.165, 1.54) is 18.3 Å². The van der Waals surface area contributed by atoms with E-state index >= 15 is 0 Å². The molecule has 0 aromatic heterocycles. The molecular formula is C29H34N4O6S. The first-order chi connectivity index (χ1) is 19.1. The Balaban J connectivity index is 1.52. The van der Waals surface area contributed by atoms with Gasteiger partial charge in [-0.1, -0.05) is 31.5 Å². The maximum Gasteiger partial charge on any atom is 0.262 e. The van der Waals surface area contributed by atoms with Gasteiger partial charge in [0.1, 0.15) is 17.5 Å². The number of anilines is 1. The van der Waals surface area contributed by atoms with Crippen LogP contribution in [0.5, 0.6) is 11.5 Å². The first kappa shape index (κ1) is 30.3. The zero-order valence-electron chi connectivity index (χ0n) is 22.9. The number of nitrogens with one attached hydrogen (secondary N) is 3. The molecule has 0 radical (unpaired) electrons. The van der Waals surface area contributed by atoms with Gasteiger partial charge in [0, 0.05) is 5.69 Å². The summed E-state index contributed by atoms with van der Waals surface area (Å²) in [5.41, 5.74) is 4.64. The highest BCUT2D eigenvalue weighted by Gasteiger charge is 2.26. The van der Waals surface area contributed by atoms with Gasteiger partial charge in [0.2, 0.25) is 10.0 Å². The van der Waals surface area contributed by atoms with Crippen molar-refractivity contribution in [3.63, 3.8) is 0 Å². The molecule has 0 heterocycles. The van der Waals surface area contributed by atoms with E-state index in [2.05, 4.69) is 20.6 Å². The quantitative estimate of drug-likeness (QED) is 0.212. The smallest absolute Gasteiger partial charge is 0.262 e. The number of carbonyl (C=O) groups is 2. The number of rotatable bonds is 13. The van der Waals surface area contributed by atoms with E-state index in [-0.39, 0.29) is 23.3 Å². The molecule has 0 aliphatic heterocycles. The van der Waals surface area contributed by atoms with Crippen LogP contribution < -0.4 is 24.9 Å². The summed E-state index contributed by atoms with van der Waals surface area (Å²) in [5.74, 6) is 0.353. The summed E-state index contributed by atoms with van der Waals surface area (Å²) >= 11 is 0. The summed E-state index contributed by atoms with van der Waals surface area (Å²) < 4.78 is 38.7. The van der Waals surface area contributed by atoms with Crippen molar-refractivity contribution < 1.29 is 27.5 Å². The summed E-state index contributed by atoms with van der Waals surface area (Å²) in [6.45, 7) is 5.48. The fourth-order valence-corrected chi connectivity index (χ4v) is 4.78. The van der Waals surface area contributed by atoms with Gasteiger partial charge in [-0.25, -0.2) is 13.8 Å². The molecule has 3 N–H and O–H groups in total. The molecule has 0 unspecified atom stereocenters. The second kappa shape index (κ2) is 14.2. The van der Waals surface area contributed by atoms with Crippen molar-refractivity contribution in [3.8, 4) is 11.5 Å². The molecule has 0 aliphatic rings. The molecule has 3 aromatic carbocycles. The molecule has 11 heteroatoms. The second-order valence-corrected chi connectivity index (χ2v) is 11.2. The van der Waals surface area contributed by atoms with Crippen LogP contribution in [-0.2, 0) is 19.6 Å². The average molecular weight is 567 g/mol. The lowest BCUT2D eigenvalue weighted by molar-refractivity contribution is -0.123. The summed E-state index contributed by atoms with van der Waals surface area (Å²) in [6.07, 6.45) is 1.73. The van der Waals surface area contributed by atoms with Crippen LogP contribution in [0.15, 0.2) is 82.8 Å². The largest absolute Gasteiger partial charge is 0.497 e. The summed E-state index contributed by atoms with van der Waals surface area (Å²) in [6, 6.07) is 19.1. The number of hydrogen-bond donors (Lipinski definition) is 3. The maximum atomic E-state index is 12.8. The van der Waals surface area contributed by atoms with E-state index in [9.17, 15) is 18.0 Å². The van der Waals surface area contributed by atoms with E-state index in [0.29, 0.717) is 29.2 Å². The minimum atomic E-state index is -3.89. The highest BCUT2D eigenvalue weighted by atomic mass is 32.2. The molecule has 0 bridgehead atoms. The lowest BCUT2D eigenvalue weighted by Gasteiger charge is -2.19. The Hall–Kier alpha value is -4.22. The molecule has 212 valence electrons. The molecule has 1 atom stereocenters. The number of ether oxygens (including phenoxy) is 2. The van der Waals surface area contributed by atoms with E-state index in [1.807, 2.05) is 20.8 Å². The fourth-order valence-electron chi connectivity index (χ4n) is 3.57. The van der Waals surface area contributed by atoms with Crippen LogP contribution in [0.2, 0.25) is 0 Å². The summed E-state index contributed by atoms with van der Waals surface area (Å²) in [4.78, 5) is 25.0. The maximum absolute atomic E-state index is 12.8. The molecule has 0 spiro atoms. The average Bonchev–Trinajstić information content (AvgIpc) is 2.92. The van der Waals surface area contributed by atoms with Gasteiger partial charge < -0.3 is 14.8 Å². The predicted molar refractivity (Wildman–Crippen MR) is 154 cm³/mol. The van der Waals surface area contributed by atoms with Crippen LogP contribution in [0.4, 0.5) is 5.69 Å². The Morgan fingerprint density at radius 3 is 2.15 bits per heavy atom. The molecule has 0 saturated heterocycles. The first-order valence-electron chi connectivity index (χ1n) is 12.6. The minimum absolute atomic E-state index is 0.0614. The Labute approximate surface area is 234 Å². The molecule has 0 aliphatic carbocycles. The third kappa shape index (κ3) is 9.51. The lowest BCUT2D eigenvalue weighted by atomic mass is 10.0. The number of methoxy groups -OCH3 is 1. The van der Waals surface area contributed by atoms with Crippen LogP contribution >= 0.6 is 0 Å². The van der Waals surface area contributed by atoms with Gasteiger partial charge in [0.05, 0.1) is 18.2 Å². The Morgan fingerprint density at radius 2 is 1.55 bits per heavy atom. The number of hydrazone groups is 1. The van der Waals surface area contributed by atoms with Crippen LogP contribution in [0.25, 0.3) is 0 Å². The van der Waals surface area contributed by atoms with Crippen LogP contribution in [0, 0.1) is 12.8 Å². The number of nitrogens with zero attached hydrogens (tertiary/aromatic N) is 1. The third-order valence-electron chi connectivity index (χ3n) is 5.66. The topological polar surface area (TPSA) is 135 Å². The number of sulfonamides is 1. The zero-order chi connectivity index (χ0) is 29.1.